The average molecular weight is 319 g/mol. The molecule has 0 aliphatic carbocycles. The third kappa shape index (κ3) is 3.01. The van der Waals surface area contributed by atoms with E-state index in [0.717, 1.165) is 42.2 Å². The van der Waals surface area contributed by atoms with Crippen molar-refractivity contribution in [1.82, 2.24) is 24.9 Å². The SMILES string of the molecule is Cc1nc(Nc2ccccn2)cc(C2CN(c3ncccn3)C2)n1. The second kappa shape index (κ2) is 6.19. The minimum absolute atomic E-state index is 0.361. The third-order valence-corrected chi connectivity index (χ3v) is 3.91. The molecule has 7 nitrogen and oxygen atoms in total. The summed E-state index contributed by atoms with van der Waals surface area (Å²) in [6.07, 6.45) is 5.28. The highest BCUT2D eigenvalue weighted by Gasteiger charge is 2.31. The molecule has 0 aromatic carbocycles. The van der Waals surface area contributed by atoms with E-state index in [4.69, 9.17) is 0 Å². The fraction of sp³-hybridized carbons (Fsp3) is 0.235. The number of hydrogen-bond acceptors (Lipinski definition) is 7. The second-order valence-electron chi connectivity index (χ2n) is 5.72. The van der Waals surface area contributed by atoms with Crippen LogP contribution < -0.4 is 10.2 Å². The quantitative estimate of drug-likeness (QED) is 0.790. The van der Waals surface area contributed by atoms with Crippen LogP contribution in [0.4, 0.5) is 17.6 Å². The zero-order valence-corrected chi connectivity index (χ0v) is 13.3. The van der Waals surface area contributed by atoms with Crippen LogP contribution in [0.1, 0.15) is 17.4 Å². The molecule has 1 N–H and O–H groups in total. The zero-order chi connectivity index (χ0) is 16.4. The van der Waals surface area contributed by atoms with Gasteiger partial charge in [0, 0.05) is 43.7 Å². The highest BCUT2D eigenvalue weighted by molar-refractivity contribution is 5.52. The molecule has 0 atom stereocenters. The Hall–Kier alpha value is -3.09. The van der Waals surface area contributed by atoms with Crippen molar-refractivity contribution in [2.24, 2.45) is 0 Å². The van der Waals surface area contributed by atoms with Gasteiger partial charge in [0.2, 0.25) is 5.95 Å². The van der Waals surface area contributed by atoms with Gasteiger partial charge in [-0.1, -0.05) is 6.07 Å². The van der Waals surface area contributed by atoms with E-state index in [9.17, 15) is 0 Å². The van der Waals surface area contributed by atoms with Gasteiger partial charge < -0.3 is 10.2 Å². The minimum Gasteiger partial charge on any atom is -0.339 e. The molecule has 1 aliphatic rings. The lowest BCUT2D eigenvalue weighted by Gasteiger charge is -2.38. The maximum absolute atomic E-state index is 4.59. The van der Waals surface area contributed by atoms with E-state index in [1.165, 1.54) is 0 Å². The van der Waals surface area contributed by atoms with Crippen LogP contribution in [0.15, 0.2) is 48.9 Å². The van der Waals surface area contributed by atoms with E-state index in [0.29, 0.717) is 5.92 Å². The highest BCUT2D eigenvalue weighted by Crippen LogP contribution is 2.29. The summed E-state index contributed by atoms with van der Waals surface area (Å²) in [6.45, 7) is 3.64. The lowest BCUT2D eigenvalue weighted by molar-refractivity contribution is 0.501. The first-order valence-corrected chi connectivity index (χ1v) is 7.83. The van der Waals surface area contributed by atoms with Crippen molar-refractivity contribution in [3.63, 3.8) is 0 Å². The number of aromatic nitrogens is 5. The van der Waals surface area contributed by atoms with Gasteiger partial charge in [-0.15, -0.1) is 0 Å². The van der Waals surface area contributed by atoms with Gasteiger partial charge in [-0.3, -0.25) is 0 Å². The van der Waals surface area contributed by atoms with E-state index in [1.54, 1.807) is 18.6 Å². The molecular formula is C17H17N7. The van der Waals surface area contributed by atoms with E-state index >= 15 is 0 Å². The van der Waals surface area contributed by atoms with Crippen LogP contribution in [0.25, 0.3) is 0 Å². The van der Waals surface area contributed by atoms with Gasteiger partial charge in [-0.2, -0.15) is 0 Å². The van der Waals surface area contributed by atoms with Crippen LogP contribution in [-0.2, 0) is 0 Å². The Morgan fingerprint density at radius 1 is 0.958 bits per heavy atom. The van der Waals surface area contributed by atoms with Crippen molar-refractivity contribution < 1.29 is 0 Å². The Balaban J connectivity index is 1.49. The second-order valence-corrected chi connectivity index (χ2v) is 5.72. The average Bonchev–Trinajstić information content (AvgIpc) is 2.55. The van der Waals surface area contributed by atoms with E-state index in [1.807, 2.05) is 37.3 Å². The number of aryl methyl sites for hydroxylation is 1. The summed E-state index contributed by atoms with van der Waals surface area (Å²) in [7, 11) is 0. The van der Waals surface area contributed by atoms with Gasteiger partial charge in [-0.25, -0.2) is 24.9 Å². The lowest BCUT2D eigenvalue weighted by Crippen LogP contribution is -2.46. The first-order chi connectivity index (χ1) is 11.8. The highest BCUT2D eigenvalue weighted by atomic mass is 15.3. The molecule has 0 unspecified atom stereocenters. The van der Waals surface area contributed by atoms with Crippen LogP contribution in [0.2, 0.25) is 0 Å². The number of nitrogens with one attached hydrogen (secondary N) is 1. The molecule has 4 heterocycles. The Morgan fingerprint density at radius 3 is 2.50 bits per heavy atom. The smallest absolute Gasteiger partial charge is 0.225 e. The molecule has 0 radical (unpaired) electrons. The molecule has 120 valence electrons. The van der Waals surface area contributed by atoms with Crippen LogP contribution in [0.3, 0.4) is 0 Å². The Bertz CT molecular complexity index is 817. The maximum Gasteiger partial charge on any atom is 0.225 e. The number of nitrogens with zero attached hydrogens (tertiary/aromatic N) is 6. The zero-order valence-electron chi connectivity index (χ0n) is 13.3. The summed E-state index contributed by atoms with van der Waals surface area (Å²) >= 11 is 0. The van der Waals surface area contributed by atoms with Crippen molar-refractivity contribution in [3.05, 3.63) is 60.4 Å². The van der Waals surface area contributed by atoms with Gasteiger partial charge in [0.15, 0.2) is 0 Å². The molecule has 0 spiro atoms. The van der Waals surface area contributed by atoms with Gasteiger partial charge >= 0.3 is 0 Å². The third-order valence-electron chi connectivity index (χ3n) is 3.91. The molecule has 0 saturated carbocycles. The van der Waals surface area contributed by atoms with Crippen molar-refractivity contribution >= 4 is 17.6 Å². The fourth-order valence-corrected chi connectivity index (χ4v) is 2.72. The molecule has 1 saturated heterocycles. The van der Waals surface area contributed by atoms with Crippen LogP contribution >= 0.6 is 0 Å². The Kier molecular flexibility index (Phi) is 3.74. The van der Waals surface area contributed by atoms with Crippen molar-refractivity contribution in [2.75, 3.05) is 23.3 Å². The summed E-state index contributed by atoms with van der Waals surface area (Å²) in [6, 6.07) is 9.55. The molecule has 4 rings (SSSR count). The molecule has 3 aromatic heterocycles. The number of rotatable bonds is 4. The molecule has 1 aliphatic heterocycles. The lowest BCUT2D eigenvalue weighted by atomic mass is 9.96. The number of pyridine rings is 1. The fourth-order valence-electron chi connectivity index (χ4n) is 2.72. The number of anilines is 3. The first kappa shape index (κ1) is 14.5. The van der Waals surface area contributed by atoms with Crippen LogP contribution in [0.5, 0.6) is 0 Å². The van der Waals surface area contributed by atoms with Crippen LogP contribution in [0, 0.1) is 6.92 Å². The van der Waals surface area contributed by atoms with E-state index < -0.39 is 0 Å². The Morgan fingerprint density at radius 2 is 1.75 bits per heavy atom. The van der Waals surface area contributed by atoms with Crippen molar-refractivity contribution in [2.45, 2.75) is 12.8 Å². The van der Waals surface area contributed by atoms with Gasteiger partial charge in [0.25, 0.3) is 0 Å². The predicted octanol–water partition coefficient (Wildman–Crippen LogP) is 2.32. The van der Waals surface area contributed by atoms with Crippen molar-refractivity contribution in [3.8, 4) is 0 Å². The van der Waals surface area contributed by atoms with E-state index in [2.05, 4.69) is 35.1 Å². The summed E-state index contributed by atoms with van der Waals surface area (Å²) in [4.78, 5) is 24.0. The molecule has 0 bridgehead atoms. The molecule has 24 heavy (non-hydrogen) atoms. The van der Waals surface area contributed by atoms with Gasteiger partial charge in [-0.05, 0) is 25.1 Å². The number of hydrogen-bond donors (Lipinski definition) is 1. The predicted molar refractivity (Wildman–Crippen MR) is 91.3 cm³/mol. The normalized spacial score (nSPS) is 14.3. The van der Waals surface area contributed by atoms with Crippen molar-refractivity contribution in [1.29, 1.82) is 0 Å². The van der Waals surface area contributed by atoms with Gasteiger partial charge in [0.05, 0.1) is 5.69 Å². The monoisotopic (exact) mass is 319 g/mol. The minimum atomic E-state index is 0.361. The standard InChI is InChI=1S/C17H17N7/c1-12-21-14(9-16(22-12)23-15-5-2-3-6-18-15)13-10-24(11-13)17-19-7-4-8-20-17/h2-9,13H,10-11H2,1H3,(H,18,21,22,23). The summed E-state index contributed by atoms with van der Waals surface area (Å²) < 4.78 is 0. The van der Waals surface area contributed by atoms with E-state index in [-0.39, 0.29) is 0 Å². The topological polar surface area (TPSA) is 79.7 Å². The molecule has 0 amide bonds. The Labute approximate surface area is 139 Å². The summed E-state index contributed by atoms with van der Waals surface area (Å²) in [5.74, 6) is 3.42. The summed E-state index contributed by atoms with van der Waals surface area (Å²) in [5, 5.41) is 3.23. The molecule has 1 fully saturated rings. The molecule has 7 heteroatoms. The van der Waals surface area contributed by atoms with Crippen LogP contribution in [-0.4, -0.2) is 38.0 Å². The molecule has 3 aromatic rings. The summed E-state index contributed by atoms with van der Waals surface area (Å²) in [5.41, 5.74) is 1.04. The first-order valence-electron chi connectivity index (χ1n) is 7.83. The molecular weight excluding hydrogens is 302 g/mol. The maximum atomic E-state index is 4.59. The largest absolute Gasteiger partial charge is 0.339 e. The van der Waals surface area contributed by atoms with Gasteiger partial charge in [0.1, 0.15) is 17.5 Å².